The van der Waals surface area contributed by atoms with E-state index in [1.165, 1.54) is 0 Å². The molecule has 0 radical (unpaired) electrons. The summed E-state index contributed by atoms with van der Waals surface area (Å²) < 4.78 is 0. The van der Waals surface area contributed by atoms with Crippen LogP contribution in [0.3, 0.4) is 0 Å². The minimum atomic E-state index is -0.682. The van der Waals surface area contributed by atoms with Crippen molar-refractivity contribution in [2.45, 2.75) is 18.6 Å². The Hall–Kier alpha value is -1.10. The topological polar surface area (TPSA) is 78.5 Å². The second-order valence-corrected chi connectivity index (χ2v) is 3.59. The first kappa shape index (κ1) is 12.0. The molecule has 0 aliphatic heterocycles. The summed E-state index contributed by atoms with van der Waals surface area (Å²) in [5.74, 6) is 0.190. The molecular formula is C11H18N2O2. The molecule has 15 heavy (non-hydrogen) atoms. The molecule has 84 valence electrons. The van der Waals surface area contributed by atoms with Gasteiger partial charge in [0.25, 0.3) is 0 Å². The number of aliphatic hydroxyl groups is 1. The summed E-state index contributed by atoms with van der Waals surface area (Å²) in [5.41, 5.74) is 6.55. The number of phenols is 1. The lowest BCUT2D eigenvalue weighted by molar-refractivity contribution is 0.142. The molecule has 4 nitrogen and oxygen atoms in total. The van der Waals surface area contributed by atoms with Crippen molar-refractivity contribution in [2.24, 2.45) is 5.73 Å². The summed E-state index contributed by atoms with van der Waals surface area (Å²) in [4.78, 5) is 0. The molecule has 0 bridgehead atoms. The van der Waals surface area contributed by atoms with E-state index in [0.717, 1.165) is 12.1 Å². The number of rotatable bonds is 5. The first-order chi connectivity index (χ1) is 7.15. The molecule has 5 N–H and O–H groups in total. The molecule has 0 saturated heterocycles. The van der Waals surface area contributed by atoms with Crippen molar-refractivity contribution in [3.05, 3.63) is 29.8 Å². The number of nitrogens with one attached hydrogen (secondary N) is 1. The Kier molecular flexibility index (Phi) is 4.55. The number of aromatic hydroxyl groups is 1. The zero-order valence-corrected chi connectivity index (χ0v) is 8.85. The summed E-state index contributed by atoms with van der Waals surface area (Å²) in [6.07, 6.45) is 0.0254. The Bertz CT molecular complexity index is 287. The van der Waals surface area contributed by atoms with Crippen LogP contribution in [0.4, 0.5) is 0 Å². The van der Waals surface area contributed by atoms with Crippen molar-refractivity contribution in [3.8, 4) is 5.75 Å². The standard InChI is InChI=1S/C11H18N2O2/c1-13-7-6-10(12)11(15)8-2-4-9(14)5-3-8/h2-5,10-11,13-15H,6-7,12H2,1H3. The van der Waals surface area contributed by atoms with Crippen molar-refractivity contribution in [1.82, 2.24) is 5.32 Å². The highest BCUT2D eigenvalue weighted by Gasteiger charge is 2.15. The lowest BCUT2D eigenvalue weighted by Gasteiger charge is -2.18. The zero-order chi connectivity index (χ0) is 11.3. The van der Waals surface area contributed by atoms with Crippen molar-refractivity contribution in [2.75, 3.05) is 13.6 Å². The molecular weight excluding hydrogens is 192 g/mol. The van der Waals surface area contributed by atoms with Crippen molar-refractivity contribution in [3.63, 3.8) is 0 Å². The fraction of sp³-hybridized carbons (Fsp3) is 0.455. The highest BCUT2D eigenvalue weighted by molar-refractivity contribution is 5.27. The third-order valence-corrected chi connectivity index (χ3v) is 2.37. The van der Waals surface area contributed by atoms with Gasteiger partial charge in [-0.15, -0.1) is 0 Å². The summed E-state index contributed by atoms with van der Waals surface area (Å²) in [6, 6.07) is 6.16. The minimum absolute atomic E-state index is 0.190. The Morgan fingerprint density at radius 1 is 1.33 bits per heavy atom. The van der Waals surface area contributed by atoms with Crippen molar-refractivity contribution >= 4 is 0 Å². The molecule has 0 heterocycles. The average Bonchev–Trinajstić information content (AvgIpc) is 2.26. The summed E-state index contributed by atoms with van der Waals surface area (Å²) >= 11 is 0. The second-order valence-electron chi connectivity index (χ2n) is 3.59. The van der Waals surface area contributed by atoms with Crippen LogP contribution in [0, 0.1) is 0 Å². The van der Waals surface area contributed by atoms with E-state index in [4.69, 9.17) is 10.8 Å². The zero-order valence-electron chi connectivity index (χ0n) is 8.85. The molecule has 0 fully saturated rings. The quantitative estimate of drug-likeness (QED) is 0.566. The molecule has 1 aromatic carbocycles. The first-order valence-corrected chi connectivity index (χ1v) is 5.02. The van der Waals surface area contributed by atoms with Crippen LogP contribution in [0.5, 0.6) is 5.75 Å². The average molecular weight is 210 g/mol. The predicted molar refractivity (Wildman–Crippen MR) is 59.6 cm³/mol. The summed E-state index contributed by atoms with van der Waals surface area (Å²) in [6.45, 7) is 0.774. The highest BCUT2D eigenvalue weighted by atomic mass is 16.3. The molecule has 0 aromatic heterocycles. The van der Waals surface area contributed by atoms with Crippen LogP contribution in [0.1, 0.15) is 18.1 Å². The van der Waals surface area contributed by atoms with E-state index >= 15 is 0 Å². The predicted octanol–water partition coefficient (Wildman–Crippen LogP) is 0.362. The summed E-state index contributed by atoms with van der Waals surface area (Å²) in [5, 5.41) is 22.0. The van der Waals surface area contributed by atoms with Crippen molar-refractivity contribution < 1.29 is 10.2 Å². The molecule has 4 heteroatoms. The smallest absolute Gasteiger partial charge is 0.115 e. The minimum Gasteiger partial charge on any atom is -0.508 e. The van der Waals surface area contributed by atoms with Gasteiger partial charge in [-0.3, -0.25) is 0 Å². The van der Waals surface area contributed by atoms with Crippen LogP contribution in [0.25, 0.3) is 0 Å². The molecule has 2 unspecified atom stereocenters. The molecule has 0 aliphatic rings. The van der Waals surface area contributed by atoms with Gasteiger partial charge in [-0.25, -0.2) is 0 Å². The molecule has 0 aliphatic carbocycles. The van der Waals surface area contributed by atoms with E-state index in [1.807, 2.05) is 7.05 Å². The lowest BCUT2D eigenvalue weighted by Crippen LogP contribution is -2.31. The number of benzene rings is 1. The van der Waals surface area contributed by atoms with Crippen LogP contribution in [-0.2, 0) is 0 Å². The summed E-state index contributed by atoms with van der Waals surface area (Å²) in [7, 11) is 1.85. The Balaban J connectivity index is 2.59. The van der Waals surface area contributed by atoms with E-state index < -0.39 is 6.10 Å². The van der Waals surface area contributed by atoms with Crippen molar-refractivity contribution in [1.29, 1.82) is 0 Å². The SMILES string of the molecule is CNCCC(N)C(O)c1ccc(O)cc1. The van der Waals surface area contributed by atoms with E-state index in [0.29, 0.717) is 6.42 Å². The van der Waals surface area contributed by atoms with Gasteiger partial charge in [0.1, 0.15) is 5.75 Å². The number of hydrogen-bond acceptors (Lipinski definition) is 4. The maximum atomic E-state index is 9.87. The van der Waals surface area contributed by atoms with Crippen LogP contribution in [0.15, 0.2) is 24.3 Å². The van der Waals surface area contributed by atoms with E-state index in [-0.39, 0.29) is 11.8 Å². The van der Waals surface area contributed by atoms with Crippen LogP contribution < -0.4 is 11.1 Å². The van der Waals surface area contributed by atoms with Gasteiger partial charge in [0.05, 0.1) is 6.10 Å². The Morgan fingerprint density at radius 3 is 2.47 bits per heavy atom. The second kappa shape index (κ2) is 5.70. The maximum absolute atomic E-state index is 9.87. The van der Waals surface area contributed by atoms with Crippen LogP contribution in [0.2, 0.25) is 0 Å². The molecule has 0 saturated carbocycles. The Labute approximate surface area is 89.7 Å². The molecule has 2 atom stereocenters. The maximum Gasteiger partial charge on any atom is 0.115 e. The van der Waals surface area contributed by atoms with E-state index in [9.17, 15) is 5.11 Å². The largest absolute Gasteiger partial charge is 0.508 e. The molecule has 1 aromatic rings. The fourth-order valence-corrected chi connectivity index (χ4v) is 1.39. The number of nitrogens with two attached hydrogens (primary N) is 1. The highest BCUT2D eigenvalue weighted by Crippen LogP contribution is 2.19. The Morgan fingerprint density at radius 2 is 1.93 bits per heavy atom. The van der Waals surface area contributed by atoms with Gasteiger partial charge < -0.3 is 21.3 Å². The van der Waals surface area contributed by atoms with Crippen LogP contribution >= 0.6 is 0 Å². The lowest BCUT2D eigenvalue weighted by atomic mass is 10.0. The molecule has 1 rings (SSSR count). The van der Waals surface area contributed by atoms with Gasteiger partial charge in [-0.2, -0.15) is 0 Å². The van der Waals surface area contributed by atoms with Gasteiger partial charge in [0, 0.05) is 6.04 Å². The fourth-order valence-electron chi connectivity index (χ4n) is 1.39. The third-order valence-electron chi connectivity index (χ3n) is 2.37. The number of hydrogen-bond donors (Lipinski definition) is 4. The van der Waals surface area contributed by atoms with Gasteiger partial charge in [-0.1, -0.05) is 12.1 Å². The van der Waals surface area contributed by atoms with Gasteiger partial charge in [0.2, 0.25) is 0 Å². The normalized spacial score (nSPS) is 14.9. The van der Waals surface area contributed by atoms with Gasteiger partial charge in [-0.05, 0) is 37.7 Å². The van der Waals surface area contributed by atoms with Gasteiger partial charge >= 0.3 is 0 Å². The number of phenolic OH excluding ortho intramolecular Hbond substituents is 1. The van der Waals surface area contributed by atoms with E-state index in [1.54, 1.807) is 24.3 Å². The first-order valence-electron chi connectivity index (χ1n) is 5.02. The van der Waals surface area contributed by atoms with Gasteiger partial charge in [0.15, 0.2) is 0 Å². The molecule has 0 spiro atoms. The van der Waals surface area contributed by atoms with E-state index in [2.05, 4.69) is 5.32 Å². The molecule has 0 amide bonds. The van der Waals surface area contributed by atoms with Crippen LogP contribution in [-0.4, -0.2) is 29.8 Å². The number of aliphatic hydroxyl groups excluding tert-OH is 1. The monoisotopic (exact) mass is 210 g/mol. The third kappa shape index (κ3) is 3.51.